The van der Waals surface area contributed by atoms with Gasteiger partial charge in [0.25, 0.3) is 11.6 Å². The summed E-state index contributed by atoms with van der Waals surface area (Å²) < 4.78 is 27.5. The lowest BCUT2D eigenvalue weighted by molar-refractivity contribution is -0.384. The Morgan fingerprint density at radius 2 is 1.97 bits per heavy atom. The van der Waals surface area contributed by atoms with Gasteiger partial charge in [0.15, 0.2) is 5.78 Å². The third kappa shape index (κ3) is 4.23. The van der Waals surface area contributed by atoms with Gasteiger partial charge in [-0.25, -0.2) is 8.78 Å². The summed E-state index contributed by atoms with van der Waals surface area (Å²) in [7, 11) is 0. The van der Waals surface area contributed by atoms with E-state index in [1.54, 1.807) is 6.92 Å². The smallest absolute Gasteiger partial charge is 0.269 e. The Balaban J connectivity index is 1.86. The van der Waals surface area contributed by atoms with Gasteiger partial charge in [0.2, 0.25) is 0 Å². The highest BCUT2D eigenvalue weighted by Gasteiger charge is 2.40. The van der Waals surface area contributed by atoms with Crippen molar-refractivity contribution in [2.75, 3.05) is 5.32 Å². The number of nitro groups is 1. The first kappa shape index (κ1) is 22.6. The van der Waals surface area contributed by atoms with Crippen LogP contribution in [0, 0.1) is 21.7 Å². The molecule has 2 aromatic carbocycles. The second-order valence-electron chi connectivity index (χ2n) is 7.81. The van der Waals surface area contributed by atoms with E-state index >= 15 is 0 Å². The number of nitrogens with one attached hydrogen (secondary N) is 2. The number of Topliss-reactive ketones (excluding diaryl/α,β-unsaturated/α-hetero) is 1. The van der Waals surface area contributed by atoms with Crippen LogP contribution in [-0.2, 0) is 9.59 Å². The zero-order valence-electron chi connectivity index (χ0n) is 17.4. The van der Waals surface area contributed by atoms with Crippen molar-refractivity contribution in [3.8, 4) is 0 Å². The van der Waals surface area contributed by atoms with E-state index in [2.05, 4.69) is 10.6 Å². The van der Waals surface area contributed by atoms with E-state index in [0.29, 0.717) is 35.9 Å². The molecule has 4 rings (SSSR count). The first-order valence-electron chi connectivity index (χ1n) is 10.1. The summed E-state index contributed by atoms with van der Waals surface area (Å²) in [5.74, 6) is -3.72. The van der Waals surface area contributed by atoms with Gasteiger partial charge in [-0.15, -0.1) is 0 Å². The topological polar surface area (TPSA) is 101 Å². The van der Waals surface area contributed by atoms with Crippen LogP contribution in [0.15, 0.2) is 58.9 Å². The van der Waals surface area contributed by atoms with Gasteiger partial charge < -0.3 is 10.6 Å². The third-order valence-electron chi connectivity index (χ3n) is 5.70. The molecular weight excluding hydrogens is 456 g/mol. The second kappa shape index (κ2) is 8.74. The monoisotopic (exact) mass is 473 g/mol. The van der Waals surface area contributed by atoms with Crippen LogP contribution in [-0.4, -0.2) is 16.6 Å². The van der Waals surface area contributed by atoms with E-state index in [9.17, 15) is 28.5 Å². The van der Waals surface area contributed by atoms with Crippen LogP contribution >= 0.6 is 11.6 Å². The van der Waals surface area contributed by atoms with E-state index in [1.165, 1.54) is 18.2 Å². The fraction of sp³-hybridized carbons (Fsp3) is 0.217. The number of amides is 1. The van der Waals surface area contributed by atoms with E-state index in [1.807, 2.05) is 0 Å². The highest BCUT2D eigenvalue weighted by Crippen LogP contribution is 2.45. The van der Waals surface area contributed by atoms with Gasteiger partial charge in [-0.1, -0.05) is 11.6 Å². The van der Waals surface area contributed by atoms with E-state index in [4.69, 9.17) is 11.6 Å². The Bertz CT molecular complexity index is 1270. The lowest BCUT2D eigenvalue weighted by Gasteiger charge is -2.34. The molecule has 33 heavy (non-hydrogen) atoms. The summed E-state index contributed by atoms with van der Waals surface area (Å²) in [6, 6.07) is 6.53. The highest BCUT2D eigenvalue weighted by atomic mass is 35.5. The first-order chi connectivity index (χ1) is 15.7. The first-order valence-corrected chi connectivity index (χ1v) is 10.5. The number of halogens is 3. The molecule has 0 bridgehead atoms. The lowest BCUT2D eigenvalue weighted by Crippen LogP contribution is -2.35. The molecule has 2 aliphatic rings. The standard InChI is InChI=1S/C23H18ClF2N3O4/c1-11-20(23(31)28-17-8-5-12(25)9-16(17)26)21(22-18(27-11)3-2-4-19(22)30)14-10-13(29(32)33)6-7-15(14)24/h5-10,21,27H,2-4H2,1H3,(H,28,31). The molecule has 7 nitrogen and oxygen atoms in total. The van der Waals surface area contributed by atoms with Crippen LogP contribution in [0.5, 0.6) is 0 Å². The number of carbonyl (C=O) groups excluding carboxylic acids is 2. The normalized spacial score (nSPS) is 18.1. The van der Waals surface area contributed by atoms with Crippen LogP contribution < -0.4 is 10.6 Å². The van der Waals surface area contributed by atoms with Crippen LogP contribution in [0.2, 0.25) is 5.02 Å². The average molecular weight is 474 g/mol. The van der Waals surface area contributed by atoms with Gasteiger partial charge in [-0.3, -0.25) is 19.7 Å². The number of anilines is 1. The fourth-order valence-corrected chi connectivity index (χ4v) is 4.47. The highest BCUT2D eigenvalue weighted by molar-refractivity contribution is 6.31. The quantitative estimate of drug-likeness (QED) is 0.473. The minimum absolute atomic E-state index is 0.0649. The molecule has 0 aromatic heterocycles. The van der Waals surface area contributed by atoms with Gasteiger partial charge >= 0.3 is 0 Å². The molecule has 1 aliphatic heterocycles. The van der Waals surface area contributed by atoms with Crippen molar-refractivity contribution in [3.63, 3.8) is 0 Å². The number of carbonyl (C=O) groups is 2. The number of nitrogens with zero attached hydrogens (tertiary/aromatic N) is 1. The van der Waals surface area contributed by atoms with Crippen molar-refractivity contribution in [1.82, 2.24) is 5.32 Å². The van der Waals surface area contributed by atoms with Gasteiger partial charge in [0, 0.05) is 58.1 Å². The predicted molar refractivity (Wildman–Crippen MR) is 118 cm³/mol. The minimum atomic E-state index is -0.995. The van der Waals surface area contributed by atoms with Crippen LogP contribution in [0.3, 0.4) is 0 Å². The fourth-order valence-electron chi connectivity index (χ4n) is 4.24. The van der Waals surface area contributed by atoms with Crippen LogP contribution in [0.1, 0.15) is 37.7 Å². The number of benzene rings is 2. The summed E-state index contributed by atoms with van der Waals surface area (Å²) in [4.78, 5) is 37.1. The Morgan fingerprint density at radius 1 is 1.21 bits per heavy atom. The van der Waals surface area contributed by atoms with Gasteiger partial charge in [-0.05, 0) is 43.5 Å². The Hall–Kier alpha value is -3.59. The van der Waals surface area contributed by atoms with Gasteiger partial charge in [0.1, 0.15) is 11.6 Å². The number of allylic oxidation sites excluding steroid dienone is 3. The maximum Gasteiger partial charge on any atom is 0.269 e. The Kier molecular flexibility index (Phi) is 5.99. The second-order valence-corrected chi connectivity index (χ2v) is 8.21. The van der Waals surface area contributed by atoms with Gasteiger partial charge in [-0.2, -0.15) is 0 Å². The molecule has 1 heterocycles. The average Bonchev–Trinajstić information content (AvgIpc) is 2.75. The number of dihydropyridines is 1. The zero-order chi connectivity index (χ0) is 23.9. The molecule has 0 fully saturated rings. The van der Waals surface area contributed by atoms with Crippen molar-refractivity contribution < 1.29 is 23.3 Å². The summed E-state index contributed by atoms with van der Waals surface area (Å²) >= 11 is 6.40. The van der Waals surface area contributed by atoms with Crippen molar-refractivity contribution in [2.45, 2.75) is 32.1 Å². The molecule has 10 heteroatoms. The molecule has 0 spiro atoms. The summed E-state index contributed by atoms with van der Waals surface area (Å²) in [5, 5.41) is 17.0. The number of rotatable bonds is 4. The molecule has 0 saturated heterocycles. The molecule has 0 radical (unpaired) electrons. The number of ketones is 1. The molecular formula is C23H18ClF2N3O4. The molecule has 1 atom stereocenters. The number of non-ortho nitro benzene ring substituents is 1. The van der Waals surface area contributed by atoms with E-state index < -0.39 is 28.4 Å². The van der Waals surface area contributed by atoms with Crippen molar-refractivity contribution >= 4 is 34.7 Å². The van der Waals surface area contributed by atoms with E-state index in [0.717, 1.165) is 12.1 Å². The number of hydrogen-bond acceptors (Lipinski definition) is 5. The van der Waals surface area contributed by atoms with Crippen LogP contribution in [0.4, 0.5) is 20.2 Å². The molecule has 2 aromatic rings. The molecule has 0 saturated carbocycles. The minimum Gasteiger partial charge on any atom is -0.362 e. The van der Waals surface area contributed by atoms with E-state index in [-0.39, 0.29) is 39.7 Å². The molecule has 2 N–H and O–H groups in total. The predicted octanol–water partition coefficient (Wildman–Crippen LogP) is 5.13. The Labute approximate surface area is 192 Å². The molecule has 1 amide bonds. The molecule has 1 unspecified atom stereocenters. The Morgan fingerprint density at radius 3 is 2.67 bits per heavy atom. The summed E-state index contributed by atoms with van der Waals surface area (Å²) in [6.07, 6.45) is 1.43. The number of nitro benzene ring substituents is 1. The van der Waals surface area contributed by atoms with Crippen molar-refractivity contribution in [1.29, 1.82) is 0 Å². The van der Waals surface area contributed by atoms with Gasteiger partial charge in [0.05, 0.1) is 10.6 Å². The largest absolute Gasteiger partial charge is 0.362 e. The molecule has 170 valence electrons. The third-order valence-corrected chi connectivity index (χ3v) is 6.05. The number of hydrogen-bond donors (Lipinski definition) is 2. The molecule has 1 aliphatic carbocycles. The maximum absolute atomic E-state index is 14.2. The lowest BCUT2D eigenvalue weighted by atomic mass is 9.75. The SMILES string of the molecule is CC1=C(C(=O)Nc2ccc(F)cc2F)C(c2cc([N+](=O)[O-])ccc2Cl)C2=C(CCCC2=O)N1. The summed E-state index contributed by atoms with van der Waals surface area (Å²) in [6.45, 7) is 1.62. The van der Waals surface area contributed by atoms with Crippen LogP contribution in [0.25, 0.3) is 0 Å². The zero-order valence-corrected chi connectivity index (χ0v) is 18.1. The van der Waals surface area contributed by atoms with Crippen molar-refractivity contribution in [3.05, 3.63) is 91.3 Å². The maximum atomic E-state index is 14.2. The summed E-state index contributed by atoms with van der Waals surface area (Å²) in [5.41, 5.74) is 1.12. The van der Waals surface area contributed by atoms with Crippen molar-refractivity contribution in [2.24, 2.45) is 0 Å².